The maximum Gasteiger partial charge on any atom is 0.313 e. The number of carbonyl (C=O) groups is 4. The number of hydrogen-bond donors (Lipinski definition) is 1. The number of likely N-dealkylation sites (N-methyl/N-ethyl adjacent to an activating group) is 1. The Morgan fingerprint density at radius 1 is 1.20 bits per heavy atom. The second-order valence-electron chi connectivity index (χ2n) is 12.4. The van der Waals surface area contributed by atoms with Crippen LogP contribution in [0.4, 0.5) is 0 Å². The first-order valence-corrected chi connectivity index (χ1v) is 16.3. The molecule has 3 fully saturated rings. The zero-order chi connectivity index (χ0) is 32.7. The molecule has 3 amide bonds. The average molecular weight is 624 g/mol. The van der Waals surface area contributed by atoms with Crippen LogP contribution in [0, 0.1) is 11.8 Å². The Balaban J connectivity index is 1.66. The number of benzene rings is 1. The zero-order valence-corrected chi connectivity index (χ0v) is 26.9. The van der Waals surface area contributed by atoms with Crippen molar-refractivity contribution in [1.29, 1.82) is 0 Å². The number of fused-ring (bicyclic) bond motifs is 1. The summed E-state index contributed by atoms with van der Waals surface area (Å²) in [6.45, 7) is 12.3. The Hall–Kier alpha value is -3.50. The molecule has 7 atom stereocenters. The number of hydrogen-bond acceptors (Lipinski definition) is 7. The number of aliphatic hydroxyl groups is 1. The molecule has 1 N–H and O–H groups in total. The first kappa shape index (κ1) is 34.4. The third kappa shape index (κ3) is 6.72. The molecule has 10 heteroatoms. The van der Waals surface area contributed by atoms with Crippen LogP contribution >= 0.6 is 0 Å². The molecule has 45 heavy (non-hydrogen) atoms. The standard InChI is InChI=1S/C35H49N3O7/c1-6-9-17-27(40)36(5)24(4)30(25-15-12-11-13-16-25)44-34(43)28-26-18-19-35(45-26)29(28)32(41)38(22-14-23-39)31(35)33(42)37(20-8-3)21-10-7-2/h6,8,11-13,15-16,24,26,28-31,39H,1,3,7,9-10,14,17-23H2,2,4-5H3/t24-,26+,28-,29-,30+,31+,35-/m1/s1. The Morgan fingerprint density at radius 2 is 1.93 bits per heavy atom. The molecular weight excluding hydrogens is 574 g/mol. The highest BCUT2D eigenvalue weighted by Gasteiger charge is 2.75. The minimum atomic E-state index is -1.16. The van der Waals surface area contributed by atoms with Gasteiger partial charge in [0.2, 0.25) is 17.7 Å². The van der Waals surface area contributed by atoms with Gasteiger partial charge in [-0.2, -0.15) is 0 Å². The second-order valence-corrected chi connectivity index (χ2v) is 12.4. The quantitative estimate of drug-likeness (QED) is 0.208. The van der Waals surface area contributed by atoms with Gasteiger partial charge in [0.15, 0.2) is 0 Å². The molecule has 2 bridgehead atoms. The summed E-state index contributed by atoms with van der Waals surface area (Å²) >= 11 is 0. The Labute approximate surface area is 267 Å². The fourth-order valence-electron chi connectivity index (χ4n) is 7.27. The first-order chi connectivity index (χ1) is 21.7. The predicted molar refractivity (Wildman–Crippen MR) is 170 cm³/mol. The Morgan fingerprint density at radius 3 is 2.58 bits per heavy atom. The minimum absolute atomic E-state index is 0.0967. The van der Waals surface area contributed by atoms with Crippen molar-refractivity contribution in [3.63, 3.8) is 0 Å². The van der Waals surface area contributed by atoms with Gasteiger partial charge in [0, 0.05) is 39.7 Å². The van der Waals surface area contributed by atoms with E-state index < -0.39 is 47.7 Å². The SMILES string of the molecule is C=CCCC(=O)N(C)[C@H](C)[C@H](OC(=O)[C@@H]1[C@@H]2CC[C@]3(O2)[C@H](C(=O)N(CC=C)CCCC)N(CCCO)C(=O)[C@@H]13)c1ccccc1. The summed E-state index contributed by atoms with van der Waals surface area (Å²) in [5.74, 6) is -2.99. The number of esters is 1. The lowest BCUT2D eigenvalue weighted by Gasteiger charge is -2.37. The van der Waals surface area contributed by atoms with Crippen molar-refractivity contribution < 1.29 is 33.8 Å². The number of allylic oxidation sites excluding steroid dienone is 1. The molecule has 4 rings (SSSR count). The molecule has 3 aliphatic rings. The highest BCUT2D eigenvalue weighted by Crippen LogP contribution is 2.59. The third-order valence-corrected chi connectivity index (χ3v) is 9.68. The van der Waals surface area contributed by atoms with Crippen LogP contribution in [0.15, 0.2) is 55.6 Å². The fourth-order valence-corrected chi connectivity index (χ4v) is 7.27. The van der Waals surface area contributed by atoms with E-state index in [1.165, 1.54) is 4.90 Å². The van der Waals surface area contributed by atoms with E-state index in [2.05, 4.69) is 13.2 Å². The van der Waals surface area contributed by atoms with Crippen LogP contribution in [0.25, 0.3) is 0 Å². The lowest BCUT2D eigenvalue weighted by atomic mass is 9.70. The molecule has 246 valence electrons. The van der Waals surface area contributed by atoms with Gasteiger partial charge in [-0.15, -0.1) is 13.2 Å². The maximum absolute atomic E-state index is 14.2. The summed E-state index contributed by atoms with van der Waals surface area (Å²) in [5, 5.41) is 9.63. The lowest BCUT2D eigenvalue weighted by molar-refractivity contribution is -0.164. The first-order valence-electron chi connectivity index (χ1n) is 16.3. The molecule has 1 aromatic rings. The third-order valence-electron chi connectivity index (χ3n) is 9.68. The van der Waals surface area contributed by atoms with Crippen molar-refractivity contribution in [2.24, 2.45) is 11.8 Å². The molecule has 0 radical (unpaired) electrons. The van der Waals surface area contributed by atoms with Gasteiger partial charge >= 0.3 is 5.97 Å². The van der Waals surface area contributed by atoms with Crippen LogP contribution < -0.4 is 0 Å². The van der Waals surface area contributed by atoms with Crippen molar-refractivity contribution in [3.8, 4) is 0 Å². The van der Waals surface area contributed by atoms with Gasteiger partial charge < -0.3 is 29.3 Å². The normalized spacial score (nSPS) is 26.2. The number of rotatable bonds is 17. The number of amides is 3. The second kappa shape index (κ2) is 15.2. The summed E-state index contributed by atoms with van der Waals surface area (Å²) in [7, 11) is 1.69. The molecule has 3 aliphatic heterocycles. The number of likely N-dealkylation sites (tertiary alicyclic amines) is 1. The van der Waals surface area contributed by atoms with Crippen LogP contribution in [0.1, 0.15) is 70.5 Å². The summed E-state index contributed by atoms with van der Waals surface area (Å²) in [6.07, 6.45) is 5.82. The van der Waals surface area contributed by atoms with Crippen LogP contribution in [-0.2, 0) is 28.7 Å². The van der Waals surface area contributed by atoms with Crippen LogP contribution in [0.2, 0.25) is 0 Å². The van der Waals surface area contributed by atoms with E-state index in [0.717, 1.165) is 18.4 Å². The van der Waals surface area contributed by atoms with Crippen LogP contribution in [-0.4, -0.2) is 101 Å². The van der Waals surface area contributed by atoms with Gasteiger partial charge in [0.05, 0.1) is 24.0 Å². The number of carbonyl (C=O) groups excluding carboxylic acids is 4. The van der Waals surface area contributed by atoms with E-state index in [9.17, 15) is 24.3 Å². The molecular formula is C35H49N3O7. The molecule has 3 saturated heterocycles. The number of aliphatic hydroxyl groups excluding tert-OH is 1. The van der Waals surface area contributed by atoms with E-state index in [1.54, 1.807) is 29.0 Å². The van der Waals surface area contributed by atoms with E-state index >= 15 is 0 Å². The van der Waals surface area contributed by atoms with Gasteiger partial charge in [0.25, 0.3) is 0 Å². The molecule has 0 saturated carbocycles. The highest BCUT2D eigenvalue weighted by molar-refractivity contribution is 5.98. The smallest absolute Gasteiger partial charge is 0.313 e. The van der Waals surface area contributed by atoms with Gasteiger partial charge in [-0.25, -0.2) is 0 Å². The molecule has 10 nitrogen and oxygen atoms in total. The molecule has 3 heterocycles. The largest absolute Gasteiger partial charge is 0.455 e. The molecule has 0 aliphatic carbocycles. The summed E-state index contributed by atoms with van der Waals surface area (Å²) < 4.78 is 12.8. The van der Waals surface area contributed by atoms with E-state index in [4.69, 9.17) is 9.47 Å². The van der Waals surface area contributed by atoms with Crippen molar-refractivity contribution >= 4 is 23.7 Å². The van der Waals surface area contributed by atoms with E-state index in [1.807, 2.05) is 44.2 Å². The summed E-state index contributed by atoms with van der Waals surface area (Å²) in [6, 6.07) is 7.87. The zero-order valence-electron chi connectivity index (χ0n) is 26.9. The summed E-state index contributed by atoms with van der Waals surface area (Å²) in [5.41, 5.74) is -0.429. The van der Waals surface area contributed by atoms with Gasteiger partial charge in [-0.1, -0.05) is 55.8 Å². The topological polar surface area (TPSA) is 117 Å². The molecule has 1 aromatic carbocycles. The van der Waals surface area contributed by atoms with Gasteiger partial charge in [0.1, 0.15) is 17.7 Å². The van der Waals surface area contributed by atoms with E-state index in [0.29, 0.717) is 38.8 Å². The predicted octanol–water partition coefficient (Wildman–Crippen LogP) is 3.66. The Bertz CT molecular complexity index is 1240. The van der Waals surface area contributed by atoms with Crippen molar-refractivity contribution in [3.05, 3.63) is 61.2 Å². The van der Waals surface area contributed by atoms with Crippen LogP contribution in [0.5, 0.6) is 0 Å². The Kier molecular flexibility index (Phi) is 11.6. The van der Waals surface area contributed by atoms with Gasteiger partial charge in [-0.05, 0) is 44.6 Å². The summed E-state index contributed by atoms with van der Waals surface area (Å²) in [4.78, 5) is 60.4. The van der Waals surface area contributed by atoms with Gasteiger partial charge in [-0.3, -0.25) is 19.2 Å². The molecule has 1 spiro atoms. The van der Waals surface area contributed by atoms with Crippen molar-refractivity contribution in [2.75, 3.05) is 33.3 Å². The molecule has 0 aromatic heterocycles. The fraction of sp³-hybridized carbons (Fsp3) is 0.600. The number of ether oxygens (including phenoxy) is 2. The van der Waals surface area contributed by atoms with Crippen molar-refractivity contribution in [1.82, 2.24) is 14.7 Å². The number of nitrogens with zero attached hydrogens (tertiary/aromatic N) is 3. The van der Waals surface area contributed by atoms with Crippen LogP contribution in [0.3, 0.4) is 0 Å². The highest BCUT2D eigenvalue weighted by atomic mass is 16.6. The molecule has 0 unspecified atom stereocenters. The maximum atomic E-state index is 14.2. The lowest BCUT2D eigenvalue weighted by Crippen LogP contribution is -2.56. The van der Waals surface area contributed by atoms with E-state index in [-0.39, 0.29) is 37.3 Å². The van der Waals surface area contributed by atoms with Crippen molar-refractivity contribution in [2.45, 2.75) is 88.7 Å². The minimum Gasteiger partial charge on any atom is -0.455 e. The average Bonchev–Trinajstić information content (AvgIpc) is 3.69. The number of unbranched alkanes of at least 4 members (excludes halogenated alkanes) is 1. The monoisotopic (exact) mass is 623 g/mol.